The molecule has 0 spiro atoms. The van der Waals surface area contributed by atoms with Gasteiger partial charge in [0, 0.05) is 18.7 Å². The van der Waals surface area contributed by atoms with Gasteiger partial charge in [0.15, 0.2) is 0 Å². The first-order valence-electron chi connectivity index (χ1n) is 9.50. The Morgan fingerprint density at radius 2 is 1.38 bits per heavy atom. The van der Waals surface area contributed by atoms with Crippen molar-refractivity contribution in [2.75, 3.05) is 13.1 Å². The van der Waals surface area contributed by atoms with Gasteiger partial charge in [0.05, 0.1) is 10.6 Å². The third-order valence-corrected chi connectivity index (χ3v) is 6.73. The fourth-order valence-electron chi connectivity index (χ4n) is 3.48. The summed E-state index contributed by atoms with van der Waals surface area (Å²) in [5.74, 6) is 0. The second kappa shape index (κ2) is 8.09. The Morgan fingerprint density at radius 3 is 2.00 bits per heavy atom. The van der Waals surface area contributed by atoms with Crippen LogP contribution in [0.4, 0.5) is 0 Å². The summed E-state index contributed by atoms with van der Waals surface area (Å²) < 4.78 is 26.7. The van der Waals surface area contributed by atoms with E-state index in [0.29, 0.717) is 9.80 Å². The van der Waals surface area contributed by atoms with E-state index in [-0.39, 0.29) is 0 Å². The molecule has 0 fully saturated rings. The average molecular weight is 370 g/mol. The molecule has 0 saturated carbocycles. The van der Waals surface area contributed by atoms with Crippen LogP contribution in [0.5, 0.6) is 0 Å². The van der Waals surface area contributed by atoms with Gasteiger partial charge in [0.1, 0.15) is 4.91 Å². The minimum atomic E-state index is -3.51. The fourth-order valence-corrected chi connectivity index (χ4v) is 5.36. The minimum Gasteiger partial charge on any atom is -0.370 e. The monoisotopic (exact) mass is 369 g/mol. The van der Waals surface area contributed by atoms with E-state index in [9.17, 15) is 8.42 Å². The van der Waals surface area contributed by atoms with Crippen LogP contribution in [0.25, 0.3) is 10.6 Å². The average Bonchev–Trinajstić information content (AvgIpc) is 2.90. The highest BCUT2D eigenvalue weighted by Crippen LogP contribution is 2.45. The molecule has 2 aromatic carbocycles. The van der Waals surface area contributed by atoms with Gasteiger partial charge in [-0.15, -0.1) is 0 Å². The van der Waals surface area contributed by atoms with E-state index in [0.717, 1.165) is 55.6 Å². The lowest BCUT2D eigenvalue weighted by atomic mass is 10.1. The van der Waals surface area contributed by atoms with Gasteiger partial charge in [-0.05, 0) is 24.5 Å². The van der Waals surface area contributed by atoms with E-state index in [1.54, 1.807) is 6.07 Å². The number of rotatable bonds is 8. The summed E-state index contributed by atoms with van der Waals surface area (Å²) in [6.07, 6.45) is 4.28. The van der Waals surface area contributed by atoms with Gasteiger partial charge < -0.3 is 4.90 Å². The molecule has 3 rings (SSSR count). The lowest BCUT2D eigenvalue weighted by Crippen LogP contribution is -2.25. The van der Waals surface area contributed by atoms with Crippen LogP contribution in [0.15, 0.2) is 59.5 Å². The largest absolute Gasteiger partial charge is 0.370 e. The molecule has 4 heteroatoms. The quantitative estimate of drug-likeness (QED) is 0.641. The van der Waals surface area contributed by atoms with Crippen LogP contribution >= 0.6 is 0 Å². The maximum atomic E-state index is 13.4. The molecule has 0 aromatic heterocycles. The number of sulfone groups is 1. The molecule has 1 heterocycles. The van der Waals surface area contributed by atoms with E-state index in [2.05, 4.69) is 18.7 Å². The number of nitrogens with zero attached hydrogens (tertiary/aromatic N) is 1. The molecule has 0 saturated heterocycles. The molecule has 0 amide bonds. The Hall–Kier alpha value is -2.07. The molecule has 1 aliphatic heterocycles. The predicted octanol–water partition coefficient (Wildman–Crippen LogP) is 5.20. The first kappa shape index (κ1) is 18.7. The highest BCUT2D eigenvalue weighted by molar-refractivity contribution is 8.01. The zero-order valence-electron chi connectivity index (χ0n) is 15.6. The third-order valence-electron chi connectivity index (χ3n) is 4.83. The van der Waals surface area contributed by atoms with Gasteiger partial charge >= 0.3 is 0 Å². The molecular formula is C22H27NO2S. The summed E-state index contributed by atoms with van der Waals surface area (Å²) >= 11 is 0. The van der Waals surface area contributed by atoms with Crippen molar-refractivity contribution < 1.29 is 8.42 Å². The molecule has 0 bridgehead atoms. The first-order chi connectivity index (χ1) is 12.6. The SMILES string of the molecule is CCCCN(CCCC)C1=C(c2ccccc2)S(=O)(=O)c2ccccc21. The van der Waals surface area contributed by atoms with Crippen molar-refractivity contribution in [2.24, 2.45) is 0 Å². The molecule has 2 aromatic rings. The van der Waals surface area contributed by atoms with E-state index in [1.165, 1.54) is 0 Å². The van der Waals surface area contributed by atoms with Crippen LogP contribution in [-0.4, -0.2) is 26.4 Å². The van der Waals surface area contributed by atoms with Crippen molar-refractivity contribution >= 4 is 20.4 Å². The van der Waals surface area contributed by atoms with E-state index < -0.39 is 9.84 Å². The minimum absolute atomic E-state index is 0.437. The molecule has 26 heavy (non-hydrogen) atoms. The Bertz CT molecular complexity index is 877. The van der Waals surface area contributed by atoms with Crippen LogP contribution in [-0.2, 0) is 9.84 Å². The van der Waals surface area contributed by atoms with Gasteiger partial charge in [-0.3, -0.25) is 0 Å². The van der Waals surface area contributed by atoms with Crippen LogP contribution in [0, 0.1) is 0 Å². The first-order valence-corrected chi connectivity index (χ1v) is 11.0. The van der Waals surface area contributed by atoms with Crippen molar-refractivity contribution in [3.05, 3.63) is 65.7 Å². The summed E-state index contributed by atoms with van der Waals surface area (Å²) in [6, 6.07) is 16.9. The highest BCUT2D eigenvalue weighted by atomic mass is 32.2. The fraction of sp³-hybridized carbons (Fsp3) is 0.364. The Morgan fingerprint density at radius 1 is 0.808 bits per heavy atom. The molecular weight excluding hydrogens is 342 g/mol. The third kappa shape index (κ3) is 3.43. The Balaban J connectivity index is 2.22. The van der Waals surface area contributed by atoms with Crippen molar-refractivity contribution in [3.8, 4) is 0 Å². The van der Waals surface area contributed by atoms with Crippen LogP contribution < -0.4 is 0 Å². The molecule has 0 atom stereocenters. The van der Waals surface area contributed by atoms with Crippen LogP contribution in [0.2, 0.25) is 0 Å². The van der Waals surface area contributed by atoms with Crippen molar-refractivity contribution in [1.82, 2.24) is 4.90 Å². The lowest BCUT2D eigenvalue weighted by molar-refractivity contribution is 0.380. The molecule has 1 aliphatic rings. The zero-order chi connectivity index (χ0) is 18.6. The maximum Gasteiger partial charge on any atom is 0.209 e. The molecule has 138 valence electrons. The number of benzene rings is 2. The summed E-state index contributed by atoms with van der Waals surface area (Å²) in [6.45, 7) is 6.10. The van der Waals surface area contributed by atoms with Gasteiger partial charge in [-0.1, -0.05) is 75.2 Å². The van der Waals surface area contributed by atoms with Crippen molar-refractivity contribution in [2.45, 2.75) is 44.4 Å². The number of unbranched alkanes of at least 4 members (excludes halogenated alkanes) is 2. The van der Waals surface area contributed by atoms with Gasteiger partial charge in [-0.2, -0.15) is 0 Å². The number of fused-ring (bicyclic) bond motifs is 1. The maximum absolute atomic E-state index is 13.4. The van der Waals surface area contributed by atoms with Crippen LogP contribution in [0.1, 0.15) is 50.7 Å². The number of hydrogen-bond acceptors (Lipinski definition) is 3. The second-order valence-electron chi connectivity index (χ2n) is 6.74. The zero-order valence-corrected chi connectivity index (χ0v) is 16.4. The van der Waals surface area contributed by atoms with Gasteiger partial charge in [0.2, 0.25) is 9.84 Å². The van der Waals surface area contributed by atoms with Crippen molar-refractivity contribution in [1.29, 1.82) is 0 Å². The molecule has 0 aliphatic carbocycles. The lowest BCUT2D eigenvalue weighted by Gasteiger charge is -2.27. The van der Waals surface area contributed by atoms with Crippen LogP contribution in [0.3, 0.4) is 0 Å². The van der Waals surface area contributed by atoms with E-state index in [4.69, 9.17) is 0 Å². The summed E-state index contributed by atoms with van der Waals surface area (Å²) in [7, 11) is -3.51. The second-order valence-corrected chi connectivity index (χ2v) is 8.59. The molecule has 0 unspecified atom stereocenters. The summed E-state index contributed by atoms with van der Waals surface area (Å²) in [5, 5.41) is 0. The number of hydrogen-bond donors (Lipinski definition) is 0. The van der Waals surface area contributed by atoms with Crippen molar-refractivity contribution in [3.63, 3.8) is 0 Å². The van der Waals surface area contributed by atoms with E-state index >= 15 is 0 Å². The van der Waals surface area contributed by atoms with E-state index in [1.807, 2.05) is 48.5 Å². The Labute approximate surface area is 157 Å². The molecule has 3 nitrogen and oxygen atoms in total. The highest BCUT2D eigenvalue weighted by Gasteiger charge is 2.38. The Kier molecular flexibility index (Phi) is 5.82. The summed E-state index contributed by atoms with van der Waals surface area (Å²) in [4.78, 5) is 3.19. The topological polar surface area (TPSA) is 37.4 Å². The molecule has 0 N–H and O–H groups in total. The standard InChI is InChI=1S/C22H27NO2S/c1-3-5-16-23(17-6-4-2)21-19-14-10-11-15-20(19)26(24,25)22(21)18-12-8-7-9-13-18/h7-15H,3-6,16-17H2,1-2H3. The normalized spacial score (nSPS) is 15.2. The van der Waals surface area contributed by atoms with Gasteiger partial charge in [0.25, 0.3) is 0 Å². The molecule has 0 radical (unpaired) electrons. The smallest absolute Gasteiger partial charge is 0.209 e. The summed E-state index contributed by atoms with van der Waals surface area (Å²) in [5.41, 5.74) is 2.50. The van der Waals surface area contributed by atoms with Gasteiger partial charge in [-0.25, -0.2) is 8.42 Å². The predicted molar refractivity (Wildman–Crippen MR) is 108 cm³/mol.